The molecule has 0 fully saturated rings. The first-order valence-electron chi connectivity index (χ1n) is 6.83. The molecule has 21 heavy (non-hydrogen) atoms. The smallest absolute Gasteiger partial charge is 0.236 e. The molecule has 0 aliphatic heterocycles. The highest BCUT2D eigenvalue weighted by atomic mass is 35.5. The van der Waals surface area contributed by atoms with Gasteiger partial charge in [0.1, 0.15) is 5.82 Å². The molecule has 1 aromatic carbocycles. The Kier molecular flexibility index (Phi) is 5.27. The van der Waals surface area contributed by atoms with Gasteiger partial charge in [-0.3, -0.25) is 0 Å². The minimum absolute atomic E-state index is 0.0772. The molecule has 0 aliphatic carbocycles. The zero-order valence-electron chi connectivity index (χ0n) is 12.0. The normalized spacial score (nSPS) is 10.5. The molecule has 0 spiro atoms. The SMILES string of the molecule is CCCNc1nc(Cl)nc(N(CC)c2ccccc2F)n1. The van der Waals surface area contributed by atoms with E-state index in [1.165, 1.54) is 6.07 Å². The average molecular weight is 310 g/mol. The summed E-state index contributed by atoms with van der Waals surface area (Å²) in [5.74, 6) is 0.377. The molecule has 0 bridgehead atoms. The first kappa shape index (κ1) is 15.4. The van der Waals surface area contributed by atoms with Crippen LogP contribution in [0, 0.1) is 5.82 Å². The molecular weight excluding hydrogens is 293 g/mol. The highest BCUT2D eigenvalue weighted by Gasteiger charge is 2.16. The Morgan fingerprint density at radius 3 is 2.62 bits per heavy atom. The van der Waals surface area contributed by atoms with E-state index in [1.54, 1.807) is 23.1 Å². The van der Waals surface area contributed by atoms with Crippen molar-refractivity contribution >= 4 is 29.2 Å². The van der Waals surface area contributed by atoms with Crippen LogP contribution in [0.5, 0.6) is 0 Å². The van der Waals surface area contributed by atoms with Gasteiger partial charge in [0, 0.05) is 13.1 Å². The molecule has 0 saturated heterocycles. The summed E-state index contributed by atoms with van der Waals surface area (Å²) >= 11 is 5.93. The highest BCUT2D eigenvalue weighted by Crippen LogP contribution is 2.25. The molecule has 2 aromatic rings. The zero-order valence-corrected chi connectivity index (χ0v) is 12.7. The molecule has 5 nitrogen and oxygen atoms in total. The third-order valence-electron chi connectivity index (χ3n) is 2.83. The average Bonchev–Trinajstić information content (AvgIpc) is 2.47. The molecule has 112 valence electrons. The van der Waals surface area contributed by atoms with Crippen LogP contribution in [0.3, 0.4) is 0 Å². The first-order chi connectivity index (χ1) is 10.2. The van der Waals surface area contributed by atoms with E-state index in [1.807, 2.05) is 13.8 Å². The van der Waals surface area contributed by atoms with E-state index < -0.39 is 0 Å². The van der Waals surface area contributed by atoms with Crippen LogP contribution in [0.2, 0.25) is 5.28 Å². The molecule has 0 saturated carbocycles. The Bertz CT molecular complexity index is 608. The van der Waals surface area contributed by atoms with Crippen molar-refractivity contribution in [2.24, 2.45) is 0 Å². The summed E-state index contributed by atoms with van der Waals surface area (Å²) in [7, 11) is 0. The minimum atomic E-state index is -0.334. The molecule has 0 amide bonds. The predicted octanol–water partition coefficient (Wildman–Crippen LogP) is 3.64. The van der Waals surface area contributed by atoms with Crippen LogP contribution in [0.4, 0.5) is 22.0 Å². The maximum atomic E-state index is 14.0. The van der Waals surface area contributed by atoms with Gasteiger partial charge < -0.3 is 10.2 Å². The number of aromatic nitrogens is 3. The standard InChI is InChI=1S/C14H17ClFN5/c1-3-9-17-13-18-12(15)19-14(20-13)21(4-2)11-8-6-5-7-10(11)16/h5-8H,3-4,9H2,1-2H3,(H,17,18,19,20). The van der Waals surface area contributed by atoms with Crippen molar-refractivity contribution in [3.63, 3.8) is 0 Å². The number of nitrogens with zero attached hydrogens (tertiary/aromatic N) is 4. The molecular formula is C14H17ClFN5. The van der Waals surface area contributed by atoms with Gasteiger partial charge in [0.2, 0.25) is 17.2 Å². The van der Waals surface area contributed by atoms with E-state index in [-0.39, 0.29) is 11.1 Å². The second kappa shape index (κ2) is 7.17. The maximum Gasteiger partial charge on any atom is 0.236 e. The van der Waals surface area contributed by atoms with Crippen molar-refractivity contribution in [1.82, 2.24) is 15.0 Å². The van der Waals surface area contributed by atoms with E-state index in [2.05, 4.69) is 20.3 Å². The van der Waals surface area contributed by atoms with Gasteiger partial charge in [-0.25, -0.2) is 4.39 Å². The van der Waals surface area contributed by atoms with Crippen LogP contribution in [-0.4, -0.2) is 28.0 Å². The number of nitrogens with one attached hydrogen (secondary N) is 1. The summed E-state index contributed by atoms with van der Waals surface area (Å²) in [6, 6.07) is 6.48. The first-order valence-corrected chi connectivity index (χ1v) is 7.21. The lowest BCUT2D eigenvalue weighted by Crippen LogP contribution is -2.21. The van der Waals surface area contributed by atoms with Crippen molar-refractivity contribution in [1.29, 1.82) is 0 Å². The fraction of sp³-hybridized carbons (Fsp3) is 0.357. The third-order valence-corrected chi connectivity index (χ3v) is 3.00. The van der Waals surface area contributed by atoms with Crippen LogP contribution in [-0.2, 0) is 0 Å². The number of benzene rings is 1. The second-order valence-corrected chi connectivity index (χ2v) is 4.69. The van der Waals surface area contributed by atoms with Gasteiger partial charge in [-0.05, 0) is 37.1 Å². The number of anilines is 3. The second-order valence-electron chi connectivity index (χ2n) is 4.35. The summed E-state index contributed by atoms with van der Waals surface area (Å²) < 4.78 is 14.0. The summed E-state index contributed by atoms with van der Waals surface area (Å²) in [5, 5.41) is 3.13. The van der Waals surface area contributed by atoms with Crippen LogP contribution < -0.4 is 10.2 Å². The number of halogens is 2. The van der Waals surface area contributed by atoms with Crippen molar-refractivity contribution in [3.8, 4) is 0 Å². The van der Waals surface area contributed by atoms with Crippen LogP contribution in [0.1, 0.15) is 20.3 Å². The van der Waals surface area contributed by atoms with Crippen molar-refractivity contribution < 1.29 is 4.39 Å². The lowest BCUT2D eigenvalue weighted by molar-refractivity contribution is 0.624. The lowest BCUT2D eigenvalue weighted by atomic mass is 10.3. The molecule has 0 unspecified atom stereocenters. The van der Waals surface area contributed by atoms with E-state index in [4.69, 9.17) is 11.6 Å². The minimum Gasteiger partial charge on any atom is -0.354 e. The molecule has 0 aliphatic rings. The van der Waals surface area contributed by atoms with Gasteiger partial charge >= 0.3 is 0 Å². The summed E-state index contributed by atoms with van der Waals surface area (Å²) in [6.07, 6.45) is 0.934. The Hall–Kier alpha value is -1.95. The number of hydrogen-bond donors (Lipinski definition) is 1. The monoisotopic (exact) mass is 309 g/mol. The highest BCUT2D eigenvalue weighted by molar-refractivity contribution is 6.28. The summed E-state index contributed by atoms with van der Waals surface area (Å²) in [5.41, 5.74) is 0.406. The largest absolute Gasteiger partial charge is 0.354 e. The fourth-order valence-corrected chi connectivity index (χ4v) is 2.02. The lowest BCUT2D eigenvalue weighted by Gasteiger charge is -2.21. The number of rotatable bonds is 6. The maximum absolute atomic E-state index is 14.0. The van der Waals surface area contributed by atoms with Crippen LogP contribution >= 0.6 is 11.6 Å². The Morgan fingerprint density at radius 1 is 1.19 bits per heavy atom. The Labute approximate surface area is 128 Å². The Balaban J connectivity index is 2.38. The molecule has 0 radical (unpaired) electrons. The van der Waals surface area contributed by atoms with Gasteiger partial charge in [-0.1, -0.05) is 19.1 Å². The van der Waals surface area contributed by atoms with Gasteiger partial charge in [0.15, 0.2) is 0 Å². The van der Waals surface area contributed by atoms with Gasteiger partial charge in [-0.2, -0.15) is 15.0 Å². The summed E-state index contributed by atoms with van der Waals surface area (Å²) in [6.45, 7) is 5.16. The van der Waals surface area contributed by atoms with Gasteiger partial charge in [0.05, 0.1) is 5.69 Å². The zero-order chi connectivity index (χ0) is 15.2. The topological polar surface area (TPSA) is 53.9 Å². The van der Waals surface area contributed by atoms with Crippen molar-refractivity contribution in [3.05, 3.63) is 35.4 Å². The van der Waals surface area contributed by atoms with E-state index >= 15 is 0 Å². The molecule has 0 atom stereocenters. The number of para-hydroxylation sites is 1. The quantitative estimate of drug-likeness (QED) is 0.883. The van der Waals surface area contributed by atoms with Gasteiger partial charge in [-0.15, -0.1) is 0 Å². The molecule has 1 N–H and O–H groups in total. The molecule has 2 rings (SSSR count). The summed E-state index contributed by atoms with van der Waals surface area (Å²) in [4.78, 5) is 14.1. The molecule has 7 heteroatoms. The van der Waals surface area contributed by atoms with Crippen molar-refractivity contribution in [2.75, 3.05) is 23.3 Å². The number of hydrogen-bond acceptors (Lipinski definition) is 5. The molecule has 1 heterocycles. The van der Waals surface area contributed by atoms with E-state index in [0.717, 1.165) is 13.0 Å². The van der Waals surface area contributed by atoms with Crippen molar-refractivity contribution in [2.45, 2.75) is 20.3 Å². The van der Waals surface area contributed by atoms with Crippen LogP contribution in [0.25, 0.3) is 0 Å². The van der Waals surface area contributed by atoms with E-state index in [0.29, 0.717) is 24.1 Å². The predicted molar refractivity (Wildman–Crippen MR) is 82.7 cm³/mol. The van der Waals surface area contributed by atoms with E-state index in [9.17, 15) is 4.39 Å². The van der Waals surface area contributed by atoms with Gasteiger partial charge in [0.25, 0.3) is 0 Å². The Morgan fingerprint density at radius 2 is 1.95 bits per heavy atom. The van der Waals surface area contributed by atoms with Crippen LogP contribution in [0.15, 0.2) is 24.3 Å². The fourth-order valence-electron chi connectivity index (χ4n) is 1.87. The molecule has 1 aromatic heterocycles. The third kappa shape index (κ3) is 3.78.